The van der Waals surface area contributed by atoms with Crippen molar-refractivity contribution in [2.45, 2.75) is 0 Å². The first kappa shape index (κ1) is 13.9. The maximum absolute atomic E-state index is 10.5. The Morgan fingerprint density at radius 2 is 1.86 bits per heavy atom. The number of methoxy groups -OCH3 is 1. The zero-order valence-electron chi connectivity index (χ0n) is 11.9. The second kappa shape index (κ2) is 6.13. The quantitative estimate of drug-likeness (QED) is 0.730. The third kappa shape index (κ3) is 2.83. The van der Waals surface area contributed by atoms with Gasteiger partial charge in [-0.15, -0.1) is 0 Å². The minimum Gasteiger partial charge on any atom is -0.493 e. The van der Waals surface area contributed by atoms with E-state index in [1.165, 1.54) is 0 Å². The number of hydrogen-bond donors (Lipinski definition) is 1. The largest absolute Gasteiger partial charge is 0.493 e. The summed E-state index contributed by atoms with van der Waals surface area (Å²) in [6, 6.07) is 16.5. The molecule has 1 heterocycles. The maximum Gasteiger partial charge on any atom is 0.219 e. The van der Waals surface area contributed by atoms with E-state index >= 15 is 0 Å². The van der Waals surface area contributed by atoms with E-state index < -0.39 is 0 Å². The molecule has 22 heavy (non-hydrogen) atoms. The Morgan fingerprint density at radius 3 is 2.64 bits per heavy atom. The summed E-state index contributed by atoms with van der Waals surface area (Å²) in [7, 11) is 1.59. The Balaban J connectivity index is 1.92. The lowest BCUT2D eigenvalue weighted by Gasteiger charge is -2.10. The summed E-state index contributed by atoms with van der Waals surface area (Å²) >= 11 is 0. The molecule has 0 spiro atoms. The van der Waals surface area contributed by atoms with Crippen molar-refractivity contribution in [2.75, 3.05) is 12.4 Å². The fourth-order valence-corrected chi connectivity index (χ4v) is 2.14. The third-order valence-corrected chi connectivity index (χ3v) is 3.17. The standard InChI is InChI=1S/C17H14N2O3/c1-21-15-4-2-3-5-16(15)22-17-9-6-12-10-13(18-11-20)7-8-14(12)19-17/h2-11H,1H3,(H,18,20). The second-order valence-electron chi connectivity index (χ2n) is 4.57. The van der Waals surface area contributed by atoms with E-state index in [4.69, 9.17) is 9.47 Å². The Bertz CT molecular complexity index is 818. The number of amides is 1. The summed E-state index contributed by atoms with van der Waals surface area (Å²) in [5.74, 6) is 1.74. The first-order chi connectivity index (χ1) is 10.8. The highest BCUT2D eigenvalue weighted by Crippen LogP contribution is 2.31. The number of ether oxygens (including phenoxy) is 2. The van der Waals surface area contributed by atoms with Gasteiger partial charge in [0.2, 0.25) is 12.3 Å². The number of nitrogens with zero attached hydrogens (tertiary/aromatic N) is 1. The molecule has 5 heteroatoms. The lowest BCUT2D eigenvalue weighted by molar-refractivity contribution is -0.105. The molecule has 3 rings (SSSR count). The molecule has 3 aromatic rings. The van der Waals surface area contributed by atoms with E-state index in [-0.39, 0.29) is 0 Å². The third-order valence-electron chi connectivity index (χ3n) is 3.17. The van der Waals surface area contributed by atoms with E-state index in [1.807, 2.05) is 42.5 Å². The van der Waals surface area contributed by atoms with Crippen molar-refractivity contribution in [3.8, 4) is 17.4 Å². The molecule has 1 amide bonds. The van der Waals surface area contributed by atoms with Crippen molar-refractivity contribution in [2.24, 2.45) is 0 Å². The van der Waals surface area contributed by atoms with Crippen LogP contribution in [0.5, 0.6) is 17.4 Å². The molecule has 0 fully saturated rings. The molecule has 1 aromatic heterocycles. The van der Waals surface area contributed by atoms with Gasteiger partial charge in [0.15, 0.2) is 11.5 Å². The molecule has 0 radical (unpaired) electrons. The van der Waals surface area contributed by atoms with Gasteiger partial charge >= 0.3 is 0 Å². The number of nitrogens with one attached hydrogen (secondary N) is 1. The predicted molar refractivity (Wildman–Crippen MR) is 84.5 cm³/mol. The molecule has 1 N–H and O–H groups in total. The summed E-state index contributed by atoms with van der Waals surface area (Å²) in [5.41, 5.74) is 1.51. The summed E-state index contributed by atoms with van der Waals surface area (Å²) in [4.78, 5) is 14.9. The van der Waals surface area contributed by atoms with Gasteiger partial charge in [0.25, 0.3) is 0 Å². The number of hydrogen-bond acceptors (Lipinski definition) is 4. The van der Waals surface area contributed by atoms with Crippen LogP contribution in [0.1, 0.15) is 0 Å². The van der Waals surface area contributed by atoms with Crippen molar-refractivity contribution in [3.05, 3.63) is 54.6 Å². The van der Waals surface area contributed by atoms with Crippen LogP contribution >= 0.6 is 0 Å². The van der Waals surface area contributed by atoms with Crippen molar-refractivity contribution >= 4 is 23.0 Å². The van der Waals surface area contributed by atoms with Gasteiger partial charge in [-0.2, -0.15) is 0 Å². The Hall–Kier alpha value is -3.08. The first-order valence-electron chi connectivity index (χ1n) is 6.72. The van der Waals surface area contributed by atoms with Crippen molar-refractivity contribution in [1.82, 2.24) is 4.98 Å². The van der Waals surface area contributed by atoms with Crippen LogP contribution in [-0.4, -0.2) is 18.5 Å². The Kier molecular flexibility index (Phi) is 3.87. The molecule has 110 valence electrons. The number of rotatable bonds is 5. The van der Waals surface area contributed by atoms with E-state index in [9.17, 15) is 4.79 Å². The number of benzene rings is 2. The van der Waals surface area contributed by atoms with Crippen LogP contribution in [0.2, 0.25) is 0 Å². The number of aromatic nitrogens is 1. The van der Waals surface area contributed by atoms with Crippen LogP contribution in [0.3, 0.4) is 0 Å². The van der Waals surface area contributed by atoms with E-state index in [0.717, 1.165) is 16.6 Å². The minimum atomic E-state index is 0.480. The molecule has 0 aliphatic heterocycles. The molecule has 0 aliphatic rings. The van der Waals surface area contributed by atoms with Gasteiger partial charge in [0, 0.05) is 17.1 Å². The molecular formula is C17H14N2O3. The zero-order chi connectivity index (χ0) is 15.4. The fraction of sp³-hybridized carbons (Fsp3) is 0.0588. The van der Waals surface area contributed by atoms with Gasteiger partial charge in [-0.05, 0) is 36.4 Å². The number of para-hydroxylation sites is 2. The van der Waals surface area contributed by atoms with Crippen LogP contribution in [0.15, 0.2) is 54.6 Å². The summed E-state index contributed by atoms with van der Waals surface area (Å²) in [6.45, 7) is 0. The summed E-state index contributed by atoms with van der Waals surface area (Å²) in [5, 5.41) is 3.53. The number of pyridine rings is 1. The average molecular weight is 294 g/mol. The molecule has 2 aromatic carbocycles. The smallest absolute Gasteiger partial charge is 0.219 e. The second-order valence-corrected chi connectivity index (χ2v) is 4.57. The number of carbonyl (C=O) groups excluding carboxylic acids is 1. The van der Waals surface area contributed by atoms with Gasteiger partial charge in [-0.1, -0.05) is 12.1 Å². The molecule has 0 atom stereocenters. The molecule has 0 unspecified atom stereocenters. The van der Waals surface area contributed by atoms with Crippen LogP contribution < -0.4 is 14.8 Å². The van der Waals surface area contributed by atoms with Crippen molar-refractivity contribution in [3.63, 3.8) is 0 Å². The molecule has 0 saturated heterocycles. The normalized spacial score (nSPS) is 10.2. The molecular weight excluding hydrogens is 280 g/mol. The average Bonchev–Trinajstić information content (AvgIpc) is 2.56. The first-order valence-corrected chi connectivity index (χ1v) is 6.72. The lowest BCUT2D eigenvalue weighted by Crippen LogP contribution is -1.94. The molecule has 0 bridgehead atoms. The zero-order valence-corrected chi connectivity index (χ0v) is 11.9. The van der Waals surface area contributed by atoms with Crippen LogP contribution in [0, 0.1) is 0 Å². The number of carbonyl (C=O) groups is 1. The maximum atomic E-state index is 10.5. The van der Waals surface area contributed by atoms with Crippen molar-refractivity contribution in [1.29, 1.82) is 0 Å². The highest BCUT2D eigenvalue weighted by atomic mass is 16.5. The highest BCUT2D eigenvalue weighted by molar-refractivity contribution is 5.85. The minimum absolute atomic E-state index is 0.480. The SMILES string of the molecule is COc1ccccc1Oc1ccc2cc(NC=O)ccc2n1. The monoisotopic (exact) mass is 294 g/mol. The Labute approximate surface area is 127 Å². The molecule has 0 aliphatic carbocycles. The van der Waals surface area contributed by atoms with E-state index in [0.29, 0.717) is 23.8 Å². The van der Waals surface area contributed by atoms with Gasteiger partial charge in [0.1, 0.15) is 0 Å². The summed E-state index contributed by atoms with van der Waals surface area (Å²) < 4.78 is 11.0. The predicted octanol–water partition coefficient (Wildman–Crippen LogP) is 3.60. The van der Waals surface area contributed by atoms with Gasteiger partial charge < -0.3 is 14.8 Å². The lowest BCUT2D eigenvalue weighted by atomic mass is 10.2. The van der Waals surface area contributed by atoms with E-state index in [1.54, 1.807) is 19.2 Å². The molecule has 5 nitrogen and oxygen atoms in total. The van der Waals surface area contributed by atoms with E-state index in [2.05, 4.69) is 10.3 Å². The highest BCUT2D eigenvalue weighted by Gasteiger charge is 2.06. The van der Waals surface area contributed by atoms with Gasteiger partial charge in [-0.3, -0.25) is 4.79 Å². The fourth-order valence-electron chi connectivity index (χ4n) is 2.14. The number of fused-ring (bicyclic) bond motifs is 1. The summed E-state index contributed by atoms with van der Waals surface area (Å²) in [6.07, 6.45) is 0.647. The topological polar surface area (TPSA) is 60.5 Å². The molecule has 0 saturated carbocycles. The van der Waals surface area contributed by atoms with Gasteiger partial charge in [0.05, 0.1) is 12.6 Å². The van der Waals surface area contributed by atoms with Crippen LogP contribution in [0.4, 0.5) is 5.69 Å². The van der Waals surface area contributed by atoms with Crippen molar-refractivity contribution < 1.29 is 14.3 Å². The Morgan fingerprint density at radius 1 is 1.05 bits per heavy atom. The van der Waals surface area contributed by atoms with Crippen LogP contribution in [0.25, 0.3) is 10.9 Å². The van der Waals surface area contributed by atoms with Crippen LogP contribution in [-0.2, 0) is 4.79 Å². The number of anilines is 1. The van der Waals surface area contributed by atoms with Gasteiger partial charge in [-0.25, -0.2) is 4.98 Å².